The lowest BCUT2D eigenvalue weighted by atomic mass is 10.0. The fraction of sp³-hybridized carbons (Fsp3) is 0.981. The molecule has 0 saturated carbocycles. The number of rotatable bonds is 48. The summed E-state index contributed by atoms with van der Waals surface area (Å²) < 4.78 is 1.48. The predicted octanol–water partition coefficient (Wildman–Crippen LogP) is 17.8. The van der Waals surface area contributed by atoms with Crippen molar-refractivity contribution in [1.29, 1.82) is 0 Å². The Balaban J connectivity index is 0. The van der Waals surface area contributed by atoms with Crippen LogP contribution in [0.15, 0.2) is 0 Å². The van der Waals surface area contributed by atoms with E-state index in [-0.39, 0.29) is 6.42 Å². The molecule has 0 aromatic carbocycles. The van der Waals surface area contributed by atoms with Crippen molar-refractivity contribution in [2.75, 3.05) is 26.2 Å². The molecule has 0 aliphatic heterocycles. The molecule has 0 rings (SSSR count). The molecule has 0 N–H and O–H groups in total. The molecule has 0 atom stereocenters. The van der Waals surface area contributed by atoms with Crippen molar-refractivity contribution in [3.05, 3.63) is 0 Å². The average Bonchev–Trinajstić information content (AvgIpc) is 3.21. The monoisotopic (exact) mass is 806 g/mol. The quantitative estimate of drug-likeness (QED) is 0.0454. The Morgan fingerprint density at radius 3 is 0.596 bits per heavy atom. The highest BCUT2D eigenvalue weighted by Crippen LogP contribution is 2.21. The number of hydrogen-bond acceptors (Lipinski definition) is 2. The van der Waals surface area contributed by atoms with Crippen LogP contribution in [0, 0.1) is 0 Å². The smallest absolute Gasteiger partial charge is 0.0786 e. The molecule has 0 radical (unpaired) electrons. The van der Waals surface area contributed by atoms with Crippen molar-refractivity contribution in [2.24, 2.45) is 0 Å². The standard InChI is InChI=1S/C36H76N.C18H36O2/c1-5-9-13-17-21-25-29-33-37(34-30-26-22-18-14-10-6-2,35-31-27-23-19-15-11-7-3)36-32-28-24-20-16-12-8-4;1-2-3-4-5-6-7-8-9-10-11-12-13-14-15-16-17-18(19)20/h5-36H2,1-4H3;2-17H2,1H3,(H,19,20)/q+1;/p-1. The summed E-state index contributed by atoms with van der Waals surface area (Å²) in [6.07, 6.45) is 60.6. The fourth-order valence-electron chi connectivity index (χ4n) is 8.93. The third-order valence-corrected chi connectivity index (χ3v) is 12.9. The number of nitrogens with zero attached hydrogens (tertiary/aromatic N) is 1. The first-order valence-electron chi connectivity index (χ1n) is 27.1. The van der Waals surface area contributed by atoms with E-state index in [1.807, 2.05) is 0 Å². The molecule has 0 aliphatic rings. The maximum Gasteiger partial charge on any atom is 0.0786 e. The average molecular weight is 806 g/mol. The number of aliphatic carboxylic acids is 1. The van der Waals surface area contributed by atoms with Gasteiger partial charge >= 0.3 is 0 Å². The summed E-state index contributed by atoms with van der Waals surface area (Å²) in [5.74, 6) is -0.903. The largest absolute Gasteiger partial charge is 0.550 e. The third kappa shape index (κ3) is 49.7. The fourth-order valence-corrected chi connectivity index (χ4v) is 8.93. The Morgan fingerprint density at radius 2 is 0.421 bits per heavy atom. The van der Waals surface area contributed by atoms with E-state index in [0.717, 1.165) is 12.8 Å². The van der Waals surface area contributed by atoms with Crippen LogP contribution in [0.1, 0.15) is 317 Å². The van der Waals surface area contributed by atoms with Crippen molar-refractivity contribution < 1.29 is 14.4 Å². The molecule has 3 heteroatoms. The molecule has 0 heterocycles. The summed E-state index contributed by atoms with van der Waals surface area (Å²) in [7, 11) is 0. The minimum Gasteiger partial charge on any atom is -0.550 e. The first kappa shape index (κ1) is 58.5. The van der Waals surface area contributed by atoms with Gasteiger partial charge in [-0.15, -0.1) is 0 Å². The summed E-state index contributed by atoms with van der Waals surface area (Å²) in [4.78, 5) is 10.2. The van der Waals surface area contributed by atoms with Crippen LogP contribution in [0.3, 0.4) is 0 Å². The minimum atomic E-state index is -0.903. The van der Waals surface area contributed by atoms with Gasteiger partial charge in [-0.25, -0.2) is 0 Å². The van der Waals surface area contributed by atoms with E-state index in [4.69, 9.17) is 0 Å². The predicted molar refractivity (Wildman–Crippen MR) is 256 cm³/mol. The van der Waals surface area contributed by atoms with E-state index in [2.05, 4.69) is 34.6 Å². The van der Waals surface area contributed by atoms with E-state index in [0.29, 0.717) is 0 Å². The van der Waals surface area contributed by atoms with Gasteiger partial charge in [-0.2, -0.15) is 0 Å². The summed E-state index contributed by atoms with van der Waals surface area (Å²) in [6.45, 7) is 17.5. The minimum absolute atomic E-state index is 0.234. The summed E-state index contributed by atoms with van der Waals surface area (Å²) >= 11 is 0. The number of unbranched alkanes of at least 4 members (excludes halogenated alkanes) is 38. The number of carboxylic acid groups (broad SMARTS) is 1. The molecule has 3 nitrogen and oxygen atoms in total. The van der Waals surface area contributed by atoms with Crippen LogP contribution in [0.5, 0.6) is 0 Å². The lowest BCUT2D eigenvalue weighted by Gasteiger charge is -2.40. The van der Waals surface area contributed by atoms with Gasteiger partial charge in [0.15, 0.2) is 0 Å². The third-order valence-electron chi connectivity index (χ3n) is 12.9. The molecule has 0 aromatic heterocycles. The molecule has 0 spiro atoms. The van der Waals surface area contributed by atoms with Crippen molar-refractivity contribution in [2.45, 2.75) is 317 Å². The molecular formula is C54H111NO2. The number of carbonyl (C=O) groups is 1. The van der Waals surface area contributed by atoms with Gasteiger partial charge in [0.05, 0.1) is 26.2 Å². The second kappa shape index (κ2) is 51.6. The van der Waals surface area contributed by atoms with Crippen LogP contribution < -0.4 is 5.11 Å². The second-order valence-corrected chi connectivity index (χ2v) is 18.8. The molecule has 0 aliphatic carbocycles. The lowest BCUT2D eigenvalue weighted by Crippen LogP contribution is -2.50. The van der Waals surface area contributed by atoms with Gasteiger partial charge in [0.2, 0.25) is 0 Å². The number of hydrogen-bond donors (Lipinski definition) is 0. The van der Waals surface area contributed by atoms with Gasteiger partial charge < -0.3 is 14.4 Å². The maximum atomic E-state index is 10.2. The SMILES string of the molecule is CCCCCCCCCCCCCCCCCC(=O)[O-].CCCCCCCCC[N+](CCCCCCCCC)(CCCCCCCCC)CCCCCCCCC. The highest BCUT2D eigenvalue weighted by atomic mass is 16.4. The molecule has 57 heavy (non-hydrogen) atoms. The Bertz CT molecular complexity index is 645. The van der Waals surface area contributed by atoms with Gasteiger partial charge in [-0.1, -0.05) is 253 Å². The molecule has 0 fully saturated rings. The van der Waals surface area contributed by atoms with Gasteiger partial charge in [0.25, 0.3) is 0 Å². The van der Waals surface area contributed by atoms with Gasteiger partial charge in [0, 0.05) is 5.97 Å². The van der Waals surface area contributed by atoms with E-state index in [9.17, 15) is 9.90 Å². The van der Waals surface area contributed by atoms with Crippen molar-refractivity contribution >= 4 is 5.97 Å². The summed E-state index contributed by atoms with van der Waals surface area (Å²) in [5.41, 5.74) is 0. The van der Waals surface area contributed by atoms with Crippen molar-refractivity contribution in [1.82, 2.24) is 0 Å². The van der Waals surface area contributed by atoms with Crippen LogP contribution in [-0.2, 0) is 4.79 Å². The molecule has 0 bridgehead atoms. The molecule has 0 amide bonds. The summed E-state index contributed by atoms with van der Waals surface area (Å²) in [5, 5.41) is 10.2. The number of carboxylic acids is 1. The van der Waals surface area contributed by atoms with E-state index in [1.165, 1.54) is 294 Å². The molecule has 344 valence electrons. The Labute approximate surface area is 362 Å². The van der Waals surface area contributed by atoms with Crippen LogP contribution >= 0.6 is 0 Å². The molecular weight excluding hydrogens is 695 g/mol. The topological polar surface area (TPSA) is 40.1 Å². The molecule has 0 saturated heterocycles. The highest BCUT2D eigenvalue weighted by Gasteiger charge is 2.25. The van der Waals surface area contributed by atoms with E-state index in [1.54, 1.807) is 0 Å². The Morgan fingerprint density at radius 1 is 0.263 bits per heavy atom. The van der Waals surface area contributed by atoms with E-state index >= 15 is 0 Å². The molecule has 0 aromatic rings. The zero-order valence-electron chi connectivity index (χ0n) is 40.7. The lowest BCUT2D eigenvalue weighted by molar-refractivity contribution is -0.929. The normalized spacial score (nSPS) is 11.6. The second-order valence-electron chi connectivity index (χ2n) is 18.8. The van der Waals surface area contributed by atoms with Crippen molar-refractivity contribution in [3.63, 3.8) is 0 Å². The Kier molecular flexibility index (Phi) is 52.9. The zero-order valence-corrected chi connectivity index (χ0v) is 40.7. The number of carbonyl (C=O) groups excluding carboxylic acids is 1. The van der Waals surface area contributed by atoms with Crippen molar-refractivity contribution in [3.8, 4) is 0 Å². The number of quaternary nitrogens is 1. The van der Waals surface area contributed by atoms with Crippen LogP contribution in [0.25, 0.3) is 0 Å². The van der Waals surface area contributed by atoms with Crippen LogP contribution in [0.4, 0.5) is 0 Å². The maximum absolute atomic E-state index is 10.2. The van der Waals surface area contributed by atoms with Gasteiger partial charge in [-0.05, 0) is 64.2 Å². The van der Waals surface area contributed by atoms with Crippen LogP contribution in [0.2, 0.25) is 0 Å². The first-order chi connectivity index (χ1) is 28.0. The zero-order chi connectivity index (χ0) is 42.0. The van der Waals surface area contributed by atoms with Gasteiger partial charge in [-0.3, -0.25) is 0 Å². The Hall–Kier alpha value is -0.570. The molecule has 0 unspecified atom stereocenters. The van der Waals surface area contributed by atoms with Crippen LogP contribution in [-0.4, -0.2) is 36.6 Å². The first-order valence-corrected chi connectivity index (χ1v) is 27.1. The highest BCUT2D eigenvalue weighted by molar-refractivity contribution is 5.64. The summed E-state index contributed by atoms with van der Waals surface area (Å²) in [6, 6.07) is 0. The van der Waals surface area contributed by atoms with Gasteiger partial charge in [0.1, 0.15) is 0 Å². The van der Waals surface area contributed by atoms with E-state index < -0.39 is 5.97 Å².